The van der Waals surface area contributed by atoms with Gasteiger partial charge in [-0.15, -0.1) is 0 Å². The maximum atomic E-state index is 5.28. The molecule has 0 saturated heterocycles. The number of methoxy groups -OCH3 is 1. The van der Waals surface area contributed by atoms with Gasteiger partial charge in [-0.1, -0.05) is 18.2 Å². The van der Waals surface area contributed by atoms with Crippen molar-refractivity contribution in [1.82, 2.24) is 10.3 Å². The van der Waals surface area contributed by atoms with Crippen LogP contribution in [0, 0.1) is 0 Å². The van der Waals surface area contributed by atoms with Crippen molar-refractivity contribution in [2.45, 2.75) is 0 Å². The molecule has 0 amide bonds. The predicted octanol–water partition coefficient (Wildman–Crippen LogP) is 2.51. The van der Waals surface area contributed by atoms with Crippen LogP contribution in [0.5, 0.6) is 5.75 Å². The molecule has 1 aromatic heterocycles. The van der Waals surface area contributed by atoms with E-state index in [9.17, 15) is 0 Å². The van der Waals surface area contributed by atoms with Gasteiger partial charge in [0.05, 0.1) is 7.11 Å². The van der Waals surface area contributed by atoms with Crippen molar-refractivity contribution in [2.24, 2.45) is 0 Å². The van der Waals surface area contributed by atoms with Crippen molar-refractivity contribution in [3.05, 3.63) is 48.7 Å². The number of nitrogens with one attached hydrogen (secondary N) is 2. The van der Waals surface area contributed by atoms with Gasteiger partial charge in [0.25, 0.3) is 0 Å². The molecule has 1 heterocycles. The number of benzene rings is 1. The van der Waals surface area contributed by atoms with Gasteiger partial charge in [-0.05, 0) is 36.5 Å². The van der Waals surface area contributed by atoms with E-state index in [0.717, 1.165) is 13.1 Å². The molecule has 1 aromatic carbocycles. The predicted molar refractivity (Wildman–Crippen MR) is 94.7 cm³/mol. The van der Waals surface area contributed by atoms with Crippen molar-refractivity contribution in [3.63, 3.8) is 0 Å². The lowest BCUT2D eigenvalue weighted by Gasteiger charge is -2.20. The van der Waals surface area contributed by atoms with E-state index in [1.807, 2.05) is 30.3 Å². The molecule has 0 aliphatic heterocycles. The molecule has 0 atom stereocenters. The van der Waals surface area contributed by atoms with Crippen LogP contribution >= 0.6 is 12.2 Å². The Morgan fingerprint density at radius 3 is 2.73 bits per heavy atom. The van der Waals surface area contributed by atoms with E-state index in [4.69, 9.17) is 17.0 Å². The first-order valence-electron chi connectivity index (χ1n) is 7.00. The van der Waals surface area contributed by atoms with Gasteiger partial charge in [-0.25, -0.2) is 4.98 Å². The van der Waals surface area contributed by atoms with E-state index in [1.54, 1.807) is 13.3 Å². The number of para-hydroxylation sites is 1. The smallest absolute Gasteiger partial charge is 0.174 e. The van der Waals surface area contributed by atoms with Gasteiger partial charge in [0.1, 0.15) is 0 Å². The maximum Gasteiger partial charge on any atom is 0.174 e. The number of hydrogen-bond acceptors (Lipinski definition) is 4. The first-order chi connectivity index (χ1) is 10.7. The van der Waals surface area contributed by atoms with Gasteiger partial charge < -0.3 is 20.3 Å². The Labute approximate surface area is 136 Å². The summed E-state index contributed by atoms with van der Waals surface area (Å²) in [5.74, 6) is 1.27. The quantitative estimate of drug-likeness (QED) is 0.799. The summed E-state index contributed by atoms with van der Waals surface area (Å²) in [5, 5.41) is 6.73. The minimum atomic E-state index is 0.526. The first kappa shape index (κ1) is 16.0. The molecule has 0 spiro atoms. The fraction of sp³-hybridized carbons (Fsp3) is 0.250. The van der Waals surface area contributed by atoms with Crippen molar-refractivity contribution >= 4 is 28.8 Å². The number of hydrogen-bond donors (Lipinski definition) is 2. The van der Waals surface area contributed by atoms with Crippen molar-refractivity contribution < 1.29 is 4.74 Å². The molecular weight excluding hydrogens is 296 g/mol. The number of ether oxygens (including phenoxy) is 1. The summed E-state index contributed by atoms with van der Waals surface area (Å²) in [4.78, 5) is 6.37. The highest BCUT2D eigenvalue weighted by atomic mass is 32.1. The van der Waals surface area contributed by atoms with Crippen LogP contribution in [-0.2, 0) is 0 Å². The molecule has 0 aliphatic carbocycles. The molecule has 0 fully saturated rings. The second-order valence-corrected chi connectivity index (χ2v) is 5.10. The lowest BCUT2D eigenvalue weighted by molar-refractivity contribution is 0.415. The van der Waals surface area contributed by atoms with Crippen LogP contribution in [-0.4, -0.2) is 37.3 Å². The number of nitrogens with zero attached hydrogens (tertiary/aromatic N) is 2. The Bertz CT molecular complexity index is 606. The molecule has 2 N–H and O–H groups in total. The van der Waals surface area contributed by atoms with Gasteiger partial charge in [0.2, 0.25) is 0 Å². The van der Waals surface area contributed by atoms with E-state index in [-0.39, 0.29) is 0 Å². The van der Waals surface area contributed by atoms with Gasteiger partial charge in [-0.2, -0.15) is 0 Å². The Kier molecular flexibility index (Phi) is 5.97. The van der Waals surface area contributed by atoms with E-state index < -0.39 is 0 Å². The number of pyridine rings is 1. The van der Waals surface area contributed by atoms with Gasteiger partial charge in [0.15, 0.2) is 16.7 Å². The maximum absolute atomic E-state index is 5.28. The minimum Gasteiger partial charge on any atom is -0.493 e. The molecular formula is C16H20N4OS. The van der Waals surface area contributed by atoms with Crippen LogP contribution in [0.3, 0.4) is 0 Å². The van der Waals surface area contributed by atoms with Crippen LogP contribution in [0.25, 0.3) is 0 Å². The Morgan fingerprint density at radius 2 is 2.00 bits per heavy atom. The summed E-state index contributed by atoms with van der Waals surface area (Å²) < 4.78 is 5.23. The van der Waals surface area contributed by atoms with Crippen LogP contribution in [0.1, 0.15) is 0 Å². The van der Waals surface area contributed by atoms with E-state index >= 15 is 0 Å². The average Bonchev–Trinajstić information content (AvgIpc) is 2.56. The Morgan fingerprint density at radius 1 is 1.23 bits per heavy atom. The SMILES string of the molecule is COc1cccnc1NC(=S)NCCN(C)c1ccccc1. The molecule has 2 rings (SSSR count). The third-order valence-electron chi connectivity index (χ3n) is 3.15. The summed E-state index contributed by atoms with van der Waals surface area (Å²) in [5.41, 5.74) is 1.18. The van der Waals surface area contributed by atoms with Crippen molar-refractivity contribution in [2.75, 3.05) is 37.5 Å². The molecule has 0 unspecified atom stereocenters. The fourth-order valence-corrected chi connectivity index (χ4v) is 2.15. The molecule has 0 radical (unpaired) electrons. The zero-order chi connectivity index (χ0) is 15.8. The molecule has 5 nitrogen and oxygen atoms in total. The monoisotopic (exact) mass is 316 g/mol. The standard InChI is InChI=1S/C16H20N4OS/c1-20(13-7-4-3-5-8-13)12-11-18-16(22)19-15-14(21-2)9-6-10-17-15/h3-10H,11-12H2,1-2H3,(H2,17,18,19,22). The third-order valence-corrected chi connectivity index (χ3v) is 3.40. The normalized spacial score (nSPS) is 9.91. The highest BCUT2D eigenvalue weighted by molar-refractivity contribution is 7.80. The summed E-state index contributed by atoms with van der Waals surface area (Å²) in [6.45, 7) is 1.57. The number of likely N-dealkylation sites (N-methyl/N-ethyl adjacent to an activating group) is 1. The topological polar surface area (TPSA) is 49.4 Å². The first-order valence-corrected chi connectivity index (χ1v) is 7.41. The molecule has 22 heavy (non-hydrogen) atoms. The summed E-state index contributed by atoms with van der Waals surface area (Å²) in [6.07, 6.45) is 1.69. The third kappa shape index (κ3) is 4.60. The second-order valence-electron chi connectivity index (χ2n) is 4.69. The highest BCUT2D eigenvalue weighted by Gasteiger charge is 2.05. The zero-order valence-corrected chi connectivity index (χ0v) is 13.6. The van der Waals surface area contributed by atoms with Gasteiger partial charge in [-0.3, -0.25) is 0 Å². The number of thiocarbonyl (C=S) groups is 1. The number of rotatable bonds is 6. The molecule has 2 aromatic rings. The highest BCUT2D eigenvalue weighted by Crippen LogP contribution is 2.19. The summed E-state index contributed by atoms with van der Waals surface area (Å²) in [7, 11) is 3.66. The zero-order valence-electron chi connectivity index (χ0n) is 12.7. The average molecular weight is 316 g/mol. The van der Waals surface area contributed by atoms with Crippen LogP contribution in [0.4, 0.5) is 11.5 Å². The number of aromatic nitrogens is 1. The van der Waals surface area contributed by atoms with Crippen molar-refractivity contribution in [3.8, 4) is 5.75 Å². The van der Waals surface area contributed by atoms with E-state index in [0.29, 0.717) is 16.7 Å². The van der Waals surface area contributed by atoms with Crippen LogP contribution in [0.2, 0.25) is 0 Å². The summed E-state index contributed by atoms with van der Waals surface area (Å²) >= 11 is 5.28. The fourth-order valence-electron chi connectivity index (χ4n) is 1.95. The molecule has 0 saturated carbocycles. The lowest BCUT2D eigenvalue weighted by atomic mass is 10.3. The van der Waals surface area contributed by atoms with Gasteiger partial charge in [0, 0.05) is 32.0 Å². The Balaban J connectivity index is 1.78. The second kappa shape index (κ2) is 8.19. The van der Waals surface area contributed by atoms with Crippen LogP contribution in [0.15, 0.2) is 48.7 Å². The lowest BCUT2D eigenvalue weighted by Crippen LogP contribution is -2.35. The minimum absolute atomic E-state index is 0.526. The largest absolute Gasteiger partial charge is 0.493 e. The molecule has 0 bridgehead atoms. The van der Waals surface area contributed by atoms with Crippen LogP contribution < -0.4 is 20.3 Å². The molecule has 116 valence electrons. The van der Waals surface area contributed by atoms with E-state index in [1.165, 1.54) is 5.69 Å². The van der Waals surface area contributed by atoms with E-state index in [2.05, 4.69) is 39.7 Å². The van der Waals surface area contributed by atoms with Gasteiger partial charge >= 0.3 is 0 Å². The molecule has 6 heteroatoms. The number of anilines is 2. The van der Waals surface area contributed by atoms with Crippen molar-refractivity contribution in [1.29, 1.82) is 0 Å². The molecule has 0 aliphatic rings. The Hall–Kier alpha value is -2.34. The summed E-state index contributed by atoms with van der Waals surface area (Å²) in [6, 6.07) is 13.9.